The molecule has 4 heteroatoms. The molecule has 124 valence electrons. The molecule has 0 fully saturated rings. The van der Waals surface area contributed by atoms with Gasteiger partial charge < -0.3 is 14.6 Å². The van der Waals surface area contributed by atoms with Crippen molar-refractivity contribution >= 4 is 17.0 Å². The zero-order valence-electron chi connectivity index (χ0n) is 13.9. The Labute approximate surface area is 142 Å². The van der Waals surface area contributed by atoms with Gasteiger partial charge in [-0.05, 0) is 30.5 Å². The van der Waals surface area contributed by atoms with Gasteiger partial charge in [-0.25, -0.2) is 4.79 Å². The zero-order valence-corrected chi connectivity index (χ0v) is 13.9. The fourth-order valence-corrected chi connectivity index (χ4v) is 2.85. The zero-order chi connectivity index (χ0) is 16.8. The summed E-state index contributed by atoms with van der Waals surface area (Å²) in [7, 11) is 0. The number of carbonyl (C=O) groups excluding carboxylic acids is 1. The lowest BCUT2D eigenvalue weighted by Gasteiger charge is -2.22. The van der Waals surface area contributed by atoms with E-state index >= 15 is 0 Å². The first kappa shape index (κ1) is 16.1. The highest BCUT2D eigenvalue weighted by Crippen LogP contribution is 2.19. The average Bonchev–Trinajstić information content (AvgIpc) is 3.03. The molecule has 2 aromatic carbocycles. The SMILES string of the molecule is CCOC(=O)N(CCc1c[nH]c2ccccc12)Cc1ccccc1. The molecular weight excluding hydrogens is 300 g/mol. The van der Waals surface area contributed by atoms with Crippen LogP contribution in [0.4, 0.5) is 4.79 Å². The van der Waals surface area contributed by atoms with Crippen molar-refractivity contribution in [3.8, 4) is 0 Å². The molecule has 1 aromatic heterocycles. The fourth-order valence-electron chi connectivity index (χ4n) is 2.85. The number of benzene rings is 2. The molecular formula is C20H22N2O2. The number of para-hydroxylation sites is 1. The number of fused-ring (bicyclic) bond motifs is 1. The fraction of sp³-hybridized carbons (Fsp3) is 0.250. The predicted molar refractivity (Wildman–Crippen MR) is 95.9 cm³/mol. The largest absolute Gasteiger partial charge is 0.450 e. The van der Waals surface area contributed by atoms with Gasteiger partial charge in [-0.15, -0.1) is 0 Å². The molecule has 3 rings (SSSR count). The van der Waals surface area contributed by atoms with Gasteiger partial charge in [0, 0.05) is 30.2 Å². The molecule has 0 saturated carbocycles. The Hall–Kier alpha value is -2.75. The number of carbonyl (C=O) groups is 1. The monoisotopic (exact) mass is 322 g/mol. The van der Waals surface area contributed by atoms with Crippen LogP contribution in [0.5, 0.6) is 0 Å². The van der Waals surface area contributed by atoms with Gasteiger partial charge in [0.25, 0.3) is 0 Å². The quantitative estimate of drug-likeness (QED) is 0.732. The number of aromatic nitrogens is 1. The first-order valence-corrected chi connectivity index (χ1v) is 8.28. The summed E-state index contributed by atoms with van der Waals surface area (Å²) in [5.74, 6) is 0. The highest BCUT2D eigenvalue weighted by atomic mass is 16.6. The van der Waals surface area contributed by atoms with Crippen LogP contribution >= 0.6 is 0 Å². The smallest absolute Gasteiger partial charge is 0.410 e. The van der Waals surface area contributed by atoms with Crippen LogP contribution in [-0.4, -0.2) is 29.1 Å². The van der Waals surface area contributed by atoms with Crippen LogP contribution in [0, 0.1) is 0 Å². The highest BCUT2D eigenvalue weighted by molar-refractivity contribution is 5.83. The summed E-state index contributed by atoms with van der Waals surface area (Å²) in [4.78, 5) is 17.3. The molecule has 0 aliphatic heterocycles. The van der Waals surface area contributed by atoms with E-state index in [4.69, 9.17) is 4.74 Å². The summed E-state index contributed by atoms with van der Waals surface area (Å²) in [6.45, 7) is 3.40. The topological polar surface area (TPSA) is 45.3 Å². The number of ether oxygens (including phenoxy) is 1. The standard InChI is InChI=1S/C20H22N2O2/c1-2-24-20(23)22(15-16-8-4-3-5-9-16)13-12-17-14-21-19-11-7-6-10-18(17)19/h3-11,14,21H,2,12-13,15H2,1H3. The Kier molecular flexibility index (Phi) is 5.16. The Balaban J connectivity index is 1.72. The Morgan fingerprint density at radius 2 is 1.83 bits per heavy atom. The summed E-state index contributed by atoms with van der Waals surface area (Å²) in [6, 6.07) is 18.2. The Bertz CT molecular complexity index is 796. The number of hydrogen-bond donors (Lipinski definition) is 1. The number of rotatable bonds is 6. The molecule has 0 unspecified atom stereocenters. The van der Waals surface area contributed by atoms with Gasteiger partial charge in [0.05, 0.1) is 6.61 Å². The van der Waals surface area contributed by atoms with Gasteiger partial charge in [0.2, 0.25) is 0 Å². The summed E-state index contributed by atoms with van der Waals surface area (Å²) in [5, 5.41) is 1.21. The van der Waals surface area contributed by atoms with Crippen LogP contribution < -0.4 is 0 Å². The molecule has 0 saturated heterocycles. The van der Waals surface area contributed by atoms with Crippen molar-refractivity contribution < 1.29 is 9.53 Å². The van der Waals surface area contributed by atoms with E-state index in [1.165, 1.54) is 10.9 Å². The van der Waals surface area contributed by atoms with E-state index in [0.29, 0.717) is 19.7 Å². The van der Waals surface area contributed by atoms with Crippen molar-refractivity contribution in [1.29, 1.82) is 0 Å². The third-order valence-electron chi connectivity index (χ3n) is 4.07. The second-order valence-electron chi connectivity index (χ2n) is 5.72. The highest BCUT2D eigenvalue weighted by Gasteiger charge is 2.15. The second kappa shape index (κ2) is 7.68. The minimum Gasteiger partial charge on any atom is -0.450 e. The molecule has 24 heavy (non-hydrogen) atoms. The third kappa shape index (κ3) is 3.77. The van der Waals surface area contributed by atoms with E-state index in [1.54, 1.807) is 4.90 Å². The molecule has 0 spiro atoms. The maximum Gasteiger partial charge on any atom is 0.410 e. The van der Waals surface area contributed by atoms with Gasteiger partial charge in [0.15, 0.2) is 0 Å². The summed E-state index contributed by atoms with van der Waals surface area (Å²) in [6.07, 6.45) is 2.55. The minimum atomic E-state index is -0.263. The Morgan fingerprint density at radius 3 is 2.62 bits per heavy atom. The number of H-pyrrole nitrogens is 1. The number of nitrogens with zero attached hydrogens (tertiary/aromatic N) is 1. The second-order valence-corrected chi connectivity index (χ2v) is 5.72. The van der Waals surface area contributed by atoms with Gasteiger partial charge in [-0.1, -0.05) is 48.5 Å². The summed E-state index contributed by atoms with van der Waals surface area (Å²) < 4.78 is 5.21. The number of hydrogen-bond acceptors (Lipinski definition) is 2. The predicted octanol–water partition coefficient (Wildman–Crippen LogP) is 4.37. The molecule has 1 N–H and O–H groups in total. The van der Waals surface area contributed by atoms with Crippen molar-refractivity contribution in [2.45, 2.75) is 19.9 Å². The maximum atomic E-state index is 12.3. The molecule has 0 aliphatic carbocycles. The van der Waals surface area contributed by atoms with Gasteiger partial charge in [0.1, 0.15) is 0 Å². The van der Waals surface area contributed by atoms with Crippen LogP contribution in [-0.2, 0) is 17.7 Å². The van der Waals surface area contributed by atoms with Crippen molar-refractivity contribution in [1.82, 2.24) is 9.88 Å². The van der Waals surface area contributed by atoms with Crippen molar-refractivity contribution in [2.75, 3.05) is 13.2 Å². The normalized spacial score (nSPS) is 10.7. The first-order valence-electron chi connectivity index (χ1n) is 8.28. The van der Waals surface area contributed by atoms with Crippen molar-refractivity contribution in [3.05, 3.63) is 71.9 Å². The molecule has 0 bridgehead atoms. The van der Waals surface area contributed by atoms with Crippen LogP contribution in [0.2, 0.25) is 0 Å². The van der Waals surface area contributed by atoms with Crippen LogP contribution in [0.25, 0.3) is 10.9 Å². The maximum absolute atomic E-state index is 12.3. The number of nitrogens with one attached hydrogen (secondary N) is 1. The van der Waals surface area contributed by atoms with Crippen molar-refractivity contribution in [3.63, 3.8) is 0 Å². The van der Waals surface area contributed by atoms with E-state index in [9.17, 15) is 4.79 Å². The van der Waals surface area contributed by atoms with E-state index in [-0.39, 0.29) is 6.09 Å². The summed E-state index contributed by atoms with van der Waals surface area (Å²) >= 11 is 0. The Morgan fingerprint density at radius 1 is 1.08 bits per heavy atom. The van der Waals surface area contributed by atoms with E-state index in [2.05, 4.69) is 17.1 Å². The molecule has 4 nitrogen and oxygen atoms in total. The lowest BCUT2D eigenvalue weighted by Crippen LogP contribution is -2.33. The molecule has 0 aliphatic rings. The van der Waals surface area contributed by atoms with E-state index in [0.717, 1.165) is 17.5 Å². The number of aromatic amines is 1. The van der Waals surface area contributed by atoms with Gasteiger partial charge >= 0.3 is 6.09 Å². The van der Waals surface area contributed by atoms with Crippen LogP contribution in [0.1, 0.15) is 18.1 Å². The minimum absolute atomic E-state index is 0.263. The first-order chi connectivity index (χ1) is 11.8. The van der Waals surface area contributed by atoms with Crippen LogP contribution in [0.3, 0.4) is 0 Å². The van der Waals surface area contributed by atoms with E-state index < -0.39 is 0 Å². The molecule has 0 atom stereocenters. The van der Waals surface area contributed by atoms with Gasteiger partial charge in [-0.2, -0.15) is 0 Å². The molecule has 1 amide bonds. The van der Waals surface area contributed by atoms with Crippen molar-refractivity contribution in [2.24, 2.45) is 0 Å². The molecule has 3 aromatic rings. The van der Waals surface area contributed by atoms with Gasteiger partial charge in [-0.3, -0.25) is 0 Å². The summed E-state index contributed by atoms with van der Waals surface area (Å²) in [5.41, 5.74) is 3.44. The van der Waals surface area contributed by atoms with E-state index in [1.807, 2.05) is 55.6 Å². The lowest BCUT2D eigenvalue weighted by atomic mass is 10.1. The number of amides is 1. The molecule has 0 radical (unpaired) electrons. The molecule has 1 heterocycles. The average molecular weight is 322 g/mol. The van der Waals surface area contributed by atoms with Crippen LogP contribution in [0.15, 0.2) is 60.8 Å². The lowest BCUT2D eigenvalue weighted by molar-refractivity contribution is 0.105. The third-order valence-corrected chi connectivity index (χ3v) is 4.07.